The Labute approximate surface area is 157 Å². The first-order valence-electron chi connectivity index (χ1n) is 7.98. The van der Waals surface area contributed by atoms with Gasteiger partial charge in [-0.3, -0.25) is 4.79 Å². The zero-order valence-electron chi connectivity index (χ0n) is 14.1. The Bertz CT molecular complexity index is 713. The molecule has 1 aromatic heterocycles. The molecule has 0 aliphatic heterocycles. The minimum Gasteiger partial charge on any atom is -0.466 e. The molecule has 0 N–H and O–H groups in total. The van der Waals surface area contributed by atoms with Crippen molar-refractivity contribution in [1.82, 2.24) is 4.98 Å². The van der Waals surface area contributed by atoms with E-state index in [2.05, 4.69) is 13.8 Å². The summed E-state index contributed by atoms with van der Waals surface area (Å²) in [5.41, 5.74) is 1.97. The molecule has 0 aliphatic rings. The molecule has 0 saturated heterocycles. The fraction of sp³-hybridized carbons (Fsp3) is 0.444. The van der Waals surface area contributed by atoms with E-state index in [1.54, 1.807) is 17.4 Å². The smallest absolute Gasteiger partial charge is 0.306 e. The van der Waals surface area contributed by atoms with Crippen molar-refractivity contribution in [2.24, 2.45) is 0 Å². The normalized spacial score (nSPS) is 11.1. The number of aryl methyl sites for hydroxylation is 1. The average Bonchev–Trinajstić information content (AvgIpc) is 2.92. The second-order valence-corrected chi connectivity index (χ2v) is 7.75. The van der Waals surface area contributed by atoms with Crippen molar-refractivity contribution < 1.29 is 9.53 Å². The summed E-state index contributed by atoms with van der Waals surface area (Å²) in [6.45, 7) is 6.45. The van der Waals surface area contributed by atoms with E-state index in [1.165, 1.54) is 0 Å². The van der Waals surface area contributed by atoms with Gasteiger partial charge in [-0.15, -0.1) is 11.3 Å². The molecule has 0 saturated carbocycles. The van der Waals surface area contributed by atoms with E-state index in [1.807, 2.05) is 19.1 Å². The van der Waals surface area contributed by atoms with Gasteiger partial charge < -0.3 is 4.74 Å². The molecule has 0 unspecified atom stereocenters. The summed E-state index contributed by atoms with van der Waals surface area (Å²) in [4.78, 5) is 17.5. The number of thiazole rings is 1. The summed E-state index contributed by atoms with van der Waals surface area (Å²) in [6, 6.07) is 5.53. The lowest BCUT2D eigenvalue weighted by Crippen LogP contribution is -2.06. The fourth-order valence-corrected chi connectivity index (χ4v) is 3.89. The Morgan fingerprint density at radius 3 is 2.71 bits per heavy atom. The Kier molecular flexibility index (Phi) is 7.08. The van der Waals surface area contributed by atoms with Crippen molar-refractivity contribution in [2.45, 2.75) is 46.0 Å². The van der Waals surface area contributed by atoms with Gasteiger partial charge >= 0.3 is 5.97 Å². The minimum atomic E-state index is -0.188. The largest absolute Gasteiger partial charge is 0.466 e. The standard InChI is InChI=1S/C18H21Cl2NO2S/c1-4-23-17(22)8-7-15-16(24-18(21-15)11(2)3)9-12-5-6-13(19)10-14(12)20/h5-6,10-11H,4,7-9H2,1-3H3. The minimum absolute atomic E-state index is 0.188. The van der Waals surface area contributed by atoms with Gasteiger partial charge in [0, 0.05) is 33.7 Å². The molecule has 0 fully saturated rings. The Morgan fingerprint density at radius 1 is 1.33 bits per heavy atom. The predicted molar refractivity (Wildman–Crippen MR) is 100 cm³/mol. The van der Waals surface area contributed by atoms with Crippen LogP contribution >= 0.6 is 34.5 Å². The monoisotopic (exact) mass is 385 g/mol. The maximum absolute atomic E-state index is 11.6. The van der Waals surface area contributed by atoms with Crippen LogP contribution in [0.15, 0.2) is 18.2 Å². The van der Waals surface area contributed by atoms with Crippen LogP contribution in [0.1, 0.15) is 54.3 Å². The van der Waals surface area contributed by atoms with Gasteiger partial charge in [-0.25, -0.2) is 4.98 Å². The first-order chi connectivity index (χ1) is 11.4. The zero-order valence-corrected chi connectivity index (χ0v) is 16.4. The quantitative estimate of drug-likeness (QED) is 0.577. The number of benzene rings is 1. The number of carbonyl (C=O) groups excluding carboxylic acids is 1. The van der Waals surface area contributed by atoms with Gasteiger partial charge in [0.15, 0.2) is 0 Å². The van der Waals surface area contributed by atoms with Crippen LogP contribution in [0.2, 0.25) is 10.0 Å². The van der Waals surface area contributed by atoms with Gasteiger partial charge in [-0.05, 0) is 24.6 Å². The van der Waals surface area contributed by atoms with Gasteiger partial charge in [-0.1, -0.05) is 43.1 Å². The molecule has 0 bridgehead atoms. The number of nitrogens with zero attached hydrogens (tertiary/aromatic N) is 1. The highest BCUT2D eigenvalue weighted by Crippen LogP contribution is 2.30. The summed E-state index contributed by atoms with van der Waals surface area (Å²) >= 11 is 13.9. The second kappa shape index (κ2) is 8.84. The molecule has 3 nitrogen and oxygen atoms in total. The van der Waals surface area contributed by atoms with Crippen molar-refractivity contribution >= 4 is 40.5 Å². The van der Waals surface area contributed by atoms with Crippen LogP contribution in [-0.2, 0) is 22.4 Å². The van der Waals surface area contributed by atoms with Gasteiger partial charge in [0.2, 0.25) is 0 Å². The third kappa shape index (κ3) is 5.20. The Balaban J connectivity index is 2.21. The van der Waals surface area contributed by atoms with E-state index in [9.17, 15) is 4.79 Å². The maximum Gasteiger partial charge on any atom is 0.306 e. The van der Waals surface area contributed by atoms with Gasteiger partial charge in [-0.2, -0.15) is 0 Å². The van der Waals surface area contributed by atoms with Crippen molar-refractivity contribution in [2.75, 3.05) is 6.61 Å². The van der Waals surface area contributed by atoms with E-state index < -0.39 is 0 Å². The molecule has 2 aromatic rings. The molecule has 0 radical (unpaired) electrons. The lowest BCUT2D eigenvalue weighted by molar-refractivity contribution is -0.143. The molecule has 1 heterocycles. The highest BCUT2D eigenvalue weighted by atomic mass is 35.5. The molecule has 1 aromatic carbocycles. The topological polar surface area (TPSA) is 39.2 Å². The van der Waals surface area contributed by atoms with Crippen LogP contribution in [0, 0.1) is 0 Å². The highest BCUT2D eigenvalue weighted by molar-refractivity contribution is 7.11. The lowest BCUT2D eigenvalue weighted by atomic mass is 10.1. The van der Waals surface area contributed by atoms with Crippen LogP contribution in [0.4, 0.5) is 0 Å². The number of ether oxygens (including phenoxy) is 1. The second-order valence-electron chi connectivity index (χ2n) is 5.79. The number of hydrogen-bond donors (Lipinski definition) is 0. The number of carbonyl (C=O) groups is 1. The van der Waals surface area contributed by atoms with E-state index in [4.69, 9.17) is 32.9 Å². The third-order valence-electron chi connectivity index (χ3n) is 3.53. The summed E-state index contributed by atoms with van der Waals surface area (Å²) in [5.74, 6) is 0.165. The Morgan fingerprint density at radius 2 is 2.08 bits per heavy atom. The van der Waals surface area contributed by atoms with Crippen molar-refractivity contribution in [3.05, 3.63) is 49.4 Å². The molecule has 0 aliphatic carbocycles. The van der Waals surface area contributed by atoms with E-state index in [0.717, 1.165) is 21.1 Å². The molecule has 130 valence electrons. The van der Waals surface area contributed by atoms with Crippen LogP contribution in [0.3, 0.4) is 0 Å². The Hall–Kier alpha value is -1.10. The first kappa shape index (κ1) is 19.2. The average molecular weight is 386 g/mol. The number of esters is 1. The zero-order chi connectivity index (χ0) is 17.7. The molecular formula is C18H21Cl2NO2S. The predicted octanol–water partition coefficient (Wildman–Crippen LogP) is 5.66. The molecule has 24 heavy (non-hydrogen) atoms. The van der Waals surface area contributed by atoms with Crippen LogP contribution in [0.25, 0.3) is 0 Å². The summed E-state index contributed by atoms with van der Waals surface area (Å²) in [6.07, 6.45) is 1.62. The molecule has 0 amide bonds. The van der Waals surface area contributed by atoms with Crippen molar-refractivity contribution in [1.29, 1.82) is 0 Å². The van der Waals surface area contributed by atoms with E-state index >= 15 is 0 Å². The first-order valence-corrected chi connectivity index (χ1v) is 9.56. The van der Waals surface area contributed by atoms with Crippen LogP contribution in [0.5, 0.6) is 0 Å². The molecule has 2 rings (SSSR count). The molecule has 0 spiro atoms. The number of rotatable bonds is 7. The molecule has 6 heteroatoms. The fourth-order valence-electron chi connectivity index (χ4n) is 2.28. The van der Waals surface area contributed by atoms with Crippen molar-refractivity contribution in [3.63, 3.8) is 0 Å². The van der Waals surface area contributed by atoms with Crippen LogP contribution < -0.4 is 0 Å². The van der Waals surface area contributed by atoms with Gasteiger partial charge in [0.05, 0.1) is 23.7 Å². The summed E-state index contributed by atoms with van der Waals surface area (Å²) < 4.78 is 5.01. The number of aromatic nitrogens is 1. The lowest BCUT2D eigenvalue weighted by Gasteiger charge is -2.05. The van der Waals surface area contributed by atoms with Gasteiger partial charge in [0.1, 0.15) is 0 Å². The highest BCUT2D eigenvalue weighted by Gasteiger charge is 2.16. The number of halogens is 2. The van der Waals surface area contributed by atoms with Crippen molar-refractivity contribution in [3.8, 4) is 0 Å². The summed E-state index contributed by atoms with van der Waals surface area (Å²) in [5, 5.41) is 2.35. The SMILES string of the molecule is CCOC(=O)CCc1nc(C(C)C)sc1Cc1ccc(Cl)cc1Cl. The van der Waals surface area contributed by atoms with E-state index in [0.29, 0.717) is 41.8 Å². The number of hydrogen-bond acceptors (Lipinski definition) is 4. The third-order valence-corrected chi connectivity index (χ3v) is 5.51. The molecule has 0 atom stereocenters. The van der Waals surface area contributed by atoms with Crippen LogP contribution in [-0.4, -0.2) is 17.6 Å². The van der Waals surface area contributed by atoms with E-state index in [-0.39, 0.29) is 5.97 Å². The van der Waals surface area contributed by atoms with Gasteiger partial charge in [0.25, 0.3) is 0 Å². The summed E-state index contributed by atoms with van der Waals surface area (Å²) in [7, 11) is 0. The molecular weight excluding hydrogens is 365 g/mol. The maximum atomic E-state index is 11.6.